The van der Waals surface area contributed by atoms with Crippen molar-refractivity contribution in [3.8, 4) is 5.75 Å². The number of nitrogens with two attached hydrogens (primary N) is 1. The summed E-state index contributed by atoms with van der Waals surface area (Å²) in [6, 6.07) is 3.54. The van der Waals surface area contributed by atoms with Crippen LogP contribution in [0.3, 0.4) is 0 Å². The fourth-order valence-corrected chi connectivity index (χ4v) is 7.91. The first-order valence-corrected chi connectivity index (χ1v) is 14.0. The molecule has 2 saturated heterocycles. The van der Waals surface area contributed by atoms with Gasteiger partial charge >= 0.3 is 20.4 Å². The van der Waals surface area contributed by atoms with Crippen LogP contribution in [0.4, 0.5) is 0 Å². The fraction of sp³-hybridized carbons (Fsp3) is 0.500. The zero-order valence-electron chi connectivity index (χ0n) is 19.2. The van der Waals surface area contributed by atoms with E-state index in [9.17, 15) is 19.5 Å². The molecule has 1 aromatic heterocycles. The molecule has 0 aliphatic carbocycles. The van der Waals surface area contributed by atoms with E-state index in [4.69, 9.17) is 28.2 Å². The lowest BCUT2D eigenvalue weighted by Crippen LogP contribution is -2.45. The summed E-state index contributed by atoms with van der Waals surface area (Å²) in [4.78, 5) is 36.3. The first-order chi connectivity index (χ1) is 16.6. The van der Waals surface area contributed by atoms with Crippen LogP contribution in [0.15, 0.2) is 31.9 Å². The highest BCUT2D eigenvalue weighted by atomic mass is 79.9. The van der Waals surface area contributed by atoms with Crippen molar-refractivity contribution in [2.24, 2.45) is 5.73 Å². The number of amides is 1. The van der Waals surface area contributed by atoms with Crippen molar-refractivity contribution in [1.82, 2.24) is 5.32 Å². The maximum atomic E-state index is 12.3. The van der Waals surface area contributed by atoms with Gasteiger partial charge in [0.1, 0.15) is 17.9 Å². The van der Waals surface area contributed by atoms with Crippen LogP contribution in [0.1, 0.15) is 32.3 Å². The molecule has 3 atom stereocenters. The van der Waals surface area contributed by atoms with E-state index >= 15 is 0 Å². The number of aromatic hydroxyl groups is 1. The van der Waals surface area contributed by atoms with Gasteiger partial charge in [-0.3, -0.25) is 9.59 Å². The Hall–Kier alpha value is -2.29. The molecule has 0 radical (unpaired) electrons. The Morgan fingerprint density at radius 2 is 1.94 bits per heavy atom. The average Bonchev–Trinajstić information content (AvgIpc) is 3.29. The normalized spacial score (nSPS) is 26.1. The molecule has 0 spiro atoms. The van der Waals surface area contributed by atoms with E-state index in [1.807, 2.05) is 13.8 Å². The average molecular weight is 571 g/mol. The summed E-state index contributed by atoms with van der Waals surface area (Å²) in [5.41, 5.74) is 5.75. The summed E-state index contributed by atoms with van der Waals surface area (Å²) < 4.78 is 28.4. The number of hydrogen-bond donors (Lipinski definition) is 3. The predicted octanol–water partition coefficient (Wildman–Crippen LogP) is 1.69. The largest absolute Gasteiger partial charge is 0.507 e. The number of carbonyl (C=O) groups excluding carboxylic acids is 2. The second-order valence-corrected chi connectivity index (χ2v) is 12.1. The van der Waals surface area contributed by atoms with Gasteiger partial charge in [-0.15, -0.1) is 0 Å². The predicted molar refractivity (Wildman–Crippen MR) is 128 cm³/mol. The van der Waals surface area contributed by atoms with Crippen LogP contribution in [0.25, 0.3) is 11.0 Å². The highest BCUT2D eigenvalue weighted by Gasteiger charge is 2.60. The Labute approximate surface area is 210 Å². The minimum Gasteiger partial charge on any atom is -0.507 e. The molecule has 2 bridgehead atoms. The number of phenols is 1. The fourth-order valence-electron chi connectivity index (χ4n) is 4.23. The summed E-state index contributed by atoms with van der Waals surface area (Å²) in [7, 11) is -2.66. The molecule has 190 valence electrons. The second kappa shape index (κ2) is 10.4. The number of hydrogen-bond acceptors (Lipinski definition) is 10. The van der Waals surface area contributed by atoms with Crippen molar-refractivity contribution < 1.29 is 37.1 Å². The van der Waals surface area contributed by atoms with Crippen molar-refractivity contribution >= 4 is 47.6 Å². The molecule has 13 heteroatoms. The van der Waals surface area contributed by atoms with Crippen molar-refractivity contribution in [2.75, 3.05) is 6.54 Å². The van der Waals surface area contributed by atoms with Crippen molar-refractivity contribution in [2.45, 2.75) is 63.7 Å². The van der Waals surface area contributed by atoms with Crippen LogP contribution in [0.2, 0.25) is 6.04 Å². The monoisotopic (exact) mass is 570 g/mol. The molecular formula is C22H27BrN2O9Si. The Morgan fingerprint density at radius 3 is 2.63 bits per heavy atom. The van der Waals surface area contributed by atoms with Crippen molar-refractivity contribution in [1.29, 1.82) is 0 Å². The van der Waals surface area contributed by atoms with E-state index < -0.39 is 32.3 Å². The van der Waals surface area contributed by atoms with E-state index in [-0.39, 0.29) is 42.7 Å². The van der Waals surface area contributed by atoms with E-state index in [0.29, 0.717) is 34.4 Å². The van der Waals surface area contributed by atoms with Crippen LogP contribution in [-0.4, -0.2) is 56.7 Å². The number of esters is 1. The third-order valence-corrected chi connectivity index (χ3v) is 9.63. The van der Waals surface area contributed by atoms with E-state index in [1.54, 1.807) is 6.07 Å². The standard InChI is InChI=1S/C22H27BrN2O9Si/c1-11-21-12(2)33-35(32-11,34-21)5-3-4-25-22(29)16(24)8-19(27)30-10-13-6-20(28)31-18-9-17(26)15(23)7-14(13)18/h6-7,9,11-12,16,21,26H,3-5,8,10,24H2,1-2H3,(H,25,29)/t11?,12?,16-,21?,35?/m1/s1. The number of phenolic OH excluding ortho intramolecular Hbond substituents is 1. The lowest BCUT2D eigenvalue weighted by molar-refractivity contribution is -0.146. The molecule has 4 rings (SSSR count). The van der Waals surface area contributed by atoms with Crippen molar-refractivity contribution in [3.63, 3.8) is 0 Å². The molecule has 1 amide bonds. The lowest BCUT2D eigenvalue weighted by atomic mass is 10.1. The molecule has 35 heavy (non-hydrogen) atoms. The minimum atomic E-state index is -2.66. The van der Waals surface area contributed by atoms with Gasteiger partial charge in [0.15, 0.2) is 0 Å². The smallest absolute Gasteiger partial charge is 0.502 e. The number of ether oxygens (including phenoxy) is 1. The molecule has 3 heterocycles. The van der Waals surface area contributed by atoms with E-state index in [2.05, 4.69) is 21.2 Å². The minimum absolute atomic E-state index is 0.0108. The van der Waals surface area contributed by atoms with Crippen LogP contribution < -0.4 is 16.7 Å². The van der Waals surface area contributed by atoms with Crippen LogP contribution in [-0.2, 0) is 34.2 Å². The van der Waals surface area contributed by atoms with Gasteiger partial charge in [0, 0.05) is 35.7 Å². The van der Waals surface area contributed by atoms with E-state index in [0.717, 1.165) is 0 Å². The maximum Gasteiger partial charge on any atom is 0.502 e. The number of carbonyl (C=O) groups is 2. The first-order valence-electron chi connectivity index (χ1n) is 11.2. The maximum absolute atomic E-state index is 12.3. The van der Waals surface area contributed by atoms with Gasteiger partial charge in [-0.05, 0) is 42.3 Å². The Morgan fingerprint density at radius 1 is 1.23 bits per heavy atom. The van der Waals surface area contributed by atoms with Gasteiger partial charge in [0.05, 0.1) is 35.2 Å². The van der Waals surface area contributed by atoms with Gasteiger partial charge in [0.25, 0.3) is 0 Å². The third-order valence-electron chi connectivity index (χ3n) is 5.94. The first kappa shape index (κ1) is 25.8. The molecule has 2 aromatic rings. The number of benzene rings is 1. The topological polar surface area (TPSA) is 160 Å². The number of fused-ring (bicyclic) bond motifs is 3. The molecule has 0 saturated carbocycles. The van der Waals surface area contributed by atoms with Gasteiger partial charge < -0.3 is 38.6 Å². The van der Waals surface area contributed by atoms with Gasteiger partial charge in [-0.1, -0.05) is 0 Å². The van der Waals surface area contributed by atoms with E-state index in [1.165, 1.54) is 12.1 Å². The number of rotatable bonds is 9. The van der Waals surface area contributed by atoms with Crippen molar-refractivity contribution in [3.05, 3.63) is 38.7 Å². The Bertz CT molecular complexity index is 1180. The molecule has 4 N–H and O–H groups in total. The summed E-state index contributed by atoms with van der Waals surface area (Å²) in [6.45, 7) is 4.05. The van der Waals surface area contributed by atoms with Crippen LogP contribution >= 0.6 is 15.9 Å². The lowest BCUT2D eigenvalue weighted by Gasteiger charge is -2.26. The second-order valence-electron chi connectivity index (χ2n) is 8.67. The summed E-state index contributed by atoms with van der Waals surface area (Å²) in [5.74, 6) is -1.27. The highest BCUT2D eigenvalue weighted by Crippen LogP contribution is 2.40. The zero-order chi connectivity index (χ0) is 25.3. The SMILES string of the molecule is CC1O[Si]2(CCCNC(=O)[C@H](N)CC(=O)OCc3cc(=O)oc4cc(O)c(Br)cc34)OC(C)C1O2. The summed E-state index contributed by atoms with van der Waals surface area (Å²) in [6.07, 6.45) is 0.248. The number of halogens is 1. The highest BCUT2D eigenvalue weighted by molar-refractivity contribution is 9.10. The van der Waals surface area contributed by atoms with Crippen LogP contribution in [0.5, 0.6) is 5.75 Å². The van der Waals surface area contributed by atoms with Crippen LogP contribution in [0, 0.1) is 0 Å². The summed E-state index contributed by atoms with van der Waals surface area (Å²) in [5, 5.41) is 13.0. The van der Waals surface area contributed by atoms with Gasteiger partial charge in [0.2, 0.25) is 5.91 Å². The molecule has 11 nitrogen and oxygen atoms in total. The Balaban J connectivity index is 1.23. The quantitative estimate of drug-likeness (QED) is 0.175. The Kier molecular flexibility index (Phi) is 7.64. The summed E-state index contributed by atoms with van der Waals surface area (Å²) >= 11 is 3.20. The molecule has 2 aliphatic rings. The molecule has 2 aliphatic heterocycles. The molecule has 1 aromatic carbocycles. The third kappa shape index (κ3) is 5.76. The molecule has 2 unspecified atom stereocenters. The van der Waals surface area contributed by atoms with Gasteiger partial charge in [-0.25, -0.2) is 4.79 Å². The molecule has 2 fully saturated rings. The van der Waals surface area contributed by atoms with Gasteiger partial charge in [-0.2, -0.15) is 0 Å². The number of nitrogens with one attached hydrogen (secondary N) is 1. The zero-order valence-corrected chi connectivity index (χ0v) is 21.8. The molecular weight excluding hydrogens is 544 g/mol.